The first-order valence-corrected chi connectivity index (χ1v) is 10.4. The maximum absolute atomic E-state index is 14.6. The number of hydrogen-bond acceptors (Lipinski definition) is 4. The van der Waals surface area contributed by atoms with Crippen molar-refractivity contribution in [2.24, 2.45) is 0 Å². The fraction of sp³-hybridized carbons (Fsp3) is 0.391. The number of aromatic nitrogens is 2. The van der Waals surface area contributed by atoms with Crippen LogP contribution in [0.3, 0.4) is 0 Å². The lowest BCUT2D eigenvalue weighted by molar-refractivity contribution is 0.0541. The van der Waals surface area contributed by atoms with Crippen LogP contribution in [0.25, 0.3) is 5.65 Å². The third-order valence-corrected chi connectivity index (χ3v) is 5.49. The number of nitrogens with one attached hydrogen (secondary N) is 1. The molecule has 0 spiro atoms. The van der Waals surface area contributed by atoms with Gasteiger partial charge in [-0.3, -0.25) is 9.20 Å². The number of rotatable bonds is 5. The number of halogens is 1. The van der Waals surface area contributed by atoms with E-state index < -0.39 is 0 Å². The number of aryl methyl sites for hydroxylation is 2. The molecule has 1 fully saturated rings. The van der Waals surface area contributed by atoms with Crippen LogP contribution in [0.5, 0.6) is 0 Å². The largest absolute Gasteiger partial charge is 0.378 e. The van der Waals surface area contributed by atoms with Gasteiger partial charge in [-0.2, -0.15) is 0 Å². The van der Waals surface area contributed by atoms with E-state index in [-0.39, 0.29) is 18.2 Å². The first-order valence-electron chi connectivity index (χ1n) is 10.4. The molecule has 0 radical (unpaired) electrons. The van der Waals surface area contributed by atoms with E-state index in [2.05, 4.69) is 10.3 Å². The highest BCUT2D eigenvalue weighted by atomic mass is 19.1. The van der Waals surface area contributed by atoms with Crippen molar-refractivity contribution in [3.63, 3.8) is 0 Å². The minimum absolute atomic E-state index is 0.153. The molecule has 6 nitrogen and oxygen atoms in total. The van der Waals surface area contributed by atoms with Gasteiger partial charge in [-0.05, 0) is 42.7 Å². The Kier molecular flexibility index (Phi) is 5.99. The Bertz CT molecular complexity index is 1040. The normalized spacial score (nSPS) is 17.3. The van der Waals surface area contributed by atoms with Gasteiger partial charge in [0.15, 0.2) is 0 Å². The lowest BCUT2D eigenvalue weighted by Gasteiger charge is -2.29. The quantitative estimate of drug-likeness (QED) is 0.822. The number of imidazole rings is 1. The van der Waals surface area contributed by atoms with Gasteiger partial charge in [-0.1, -0.05) is 19.1 Å². The van der Waals surface area contributed by atoms with Crippen LogP contribution in [0.15, 0.2) is 53.7 Å². The Balaban J connectivity index is 1.46. The zero-order valence-electron chi connectivity index (χ0n) is 17.4. The Morgan fingerprint density at radius 3 is 2.87 bits per heavy atom. The van der Waals surface area contributed by atoms with E-state index in [1.807, 2.05) is 53.6 Å². The van der Waals surface area contributed by atoms with Crippen LogP contribution in [0.2, 0.25) is 0 Å². The molecule has 158 valence electrons. The molecule has 2 aromatic rings. The average Bonchev–Trinajstić information content (AvgIpc) is 3.02. The molecular weight excluding hydrogens is 383 g/mol. The van der Waals surface area contributed by atoms with Crippen LogP contribution in [0, 0.1) is 6.92 Å². The molecule has 2 aromatic heterocycles. The summed E-state index contributed by atoms with van der Waals surface area (Å²) in [4.78, 5) is 19.6. The van der Waals surface area contributed by atoms with Gasteiger partial charge in [0.05, 0.1) is 24.6 Å². The summed E-state index contributed by atoms with van der Waals surface area (Å²) in [5, 5.41) is 2.98. The topological polar surface area (TPSA) is 58.9 Å². The van der Waals surface area contributed by atoms with E-state index in [9.17, 15) is 9.18 Å². The van der Waals surface area contributed by atoms with Crippen LogP contribution >= 0.6 is 0 Å². The first kappa shape index (κ1) is 20.3. The molecule has 2 aliphatic rings. The molecule has 1 aliphatic carbocycles. The fourth-order valence-corrected chi connectivity index (χ4v) is 3.83. The number of amides is 1. The minimum atomic E-state index is -0.177. The molecule has 0 saturated carbocycles. The number of fused-ring (bicyclic) bond motifs is 1. The highest BCUT2D eigenvalue weighted by molar-refractivity contribution is 5.95. The van der Waals surface area contributed by atoms with Crippen molar-refractivity contribution in [3.8, 4) is 0 Å². The number of ether oxygens (including phenoxy) is 1. The molecule has 1 N–H and O–H groups in total. The predicted octanol–water partition coefficient (Wildman–Crippen LogP) is 3.33. The van der Waals surface area contributed by atoms with Gasteiger partial charge >= 0.3 is 0 Å². The van der Waals surface area contributed by atoms with Crippen LogP contribution < -0.4 is 5.32 Å². The number of carbonyl (C=O) groups excluding carboxylic acids is 1. The van der Waals surface area contributed by atoms with Crippen LogP contribution in [0.1, 0.15) is 35.1 Å². The van der Waals surface area contributed by atoms with Crippen LogP contribution in [0.4, 0.5) is 4.39 Å². The molecule has 0 aromatic carbocycles. The molecule has 1 saturated heterocycles. The average molecular weight is 410 g/mol. The Morgan fingerprint density at radius 1 is 1.30 bits per heavy atom. The number of allylic oxidation sites excluding steroid dienone is 3. The molecule has 0 bridgehead atoms. The maximum Gasteiger partial charge on any atom is 0.270 e. The SMILES string of the molecule is CCc1nc2cc(C)ccn2c1C(=O)NCC1=CCC(F)=C(N2CCOCC2)C=C1. The lowest BCUT2D eigenvalue weighted by Crippen LogP contribution is -2.35. The number of nitrogens with zero attached hydrogens (tertiary/aromatic N) is 3. The third kappa shape index (κ3) is 4.16. The van der Waals surface area contributed by atoms with E-state index in [1.165, 1.54) is 0 Å². The molecule has 3 heterocycles. The maximum atomic E-state index is 14.6. The Labute approximate surface area is 175 Å². The van der Waals surface area contributed by atoms with Gasteiger partial charge in [-0.15, -0.1) is 0 Å². The second-order valence-corrected chi connectivity index (χ2v) is 7.58. The summed E-state index contributed by atoms with van der Waals surface area (Å²) in [6.07, 6.45) is 8.29. The van der Waals surface area contributed by atoms with E-state index in [4.69, 9.17) is 4.74 Å². The Hall–Kier alpha value is -2.93. The summed E-state index contributed by atoms with van der Waals surface area (Å²) in [6, 6.07) is 3.93. The van der Waals surface area contributed by atoms with E-state index in [0.717, 1.165) is 22.5 Å². The van der Waals surface area contributed by atoms with Gasteiger partial charge in [0, 0.05) is 32.3 Å². The number of pyridine rings is 1. The minimum Gasteiger partial charge on any atom is -0.378 e. The fourth-order valence-electron chi connectivity index (χ4n) is 3.83. The summed E-state index contributed by atoms with van der Waals surface area (Å²) < 4.78 is 21.8. The number of carbonyl (C=O) groups is 1. The summed E-state index contributed by atoms with van der Waals surface area (Å²) in [7, 11) is 0. The number of morpholine rings is 1. The molecule has 4 rings (SSSR count). The first-order chi connectivity index (χ1) is 14.6. The zero-order valence-corrected chi connectivity index (χ0v) is 17.4. The summed E-state index contributed by atoms with van der Waals surface area (Å²) in [5.74, 6) is -0.330. The van der Waals surface area contributed by atoms with Crippen LogP contribution in [-0.4, -0.2) is 53.0 Å². The van der Waals surface area contributed by atoms with E-state index in [0.29, 0.717) is 50.7 Å². The third-order valence-electron chi connectivity index (χ3n) is 5.49. The summed E-state index contributed by atoms with van der Waals surface area (Å²) >= 11 is 0. The van der Waals surface area contributed by atoms with E-state index in [1.54, 1.807) is 6.08 Å². The molecule has 0 unspecified atom stereocenters. The second-order valence-electron chi connectivity index (χ2n) is 7.58. The van der Waals surface area contributed by atoms with Gasteiger partial charge in [0.1, 0.15) is 17.2 Å². The van der Waals surface area contributed by atoms with Gasteiger partial charge in [0.25, 0.3) is 5.91 Å². The van der Waals surface area contributed by atoms with Crippen molar-refractivity contribution in [1.82, 2.24) is 19.6 Å². The van der Waals surface area contributed by atoms with Gasteiger partial charge in [0.2, 0.25) is 0 Å². The molecule has 1 amide bonds. The highest BCUT2D eigenvalue weighted by Crippen LogP contribution is 2.23. The van der Waals surface area contributed by atoms with Crippen molar-refractivity contribution in [2.45, 2.75) is 26.7 Å². The molecule has 0 atom stereocenters. The number of hydrogen-bond donors (Lipinski definition) is 1. The monoisotopic (exact) mass is 410 g/mol. The summed E-state index contributed by atoms with van der Waals surface area (Å²) in [5.41, 5.74) is 4.69. The molecule has 1 aliphatic heterocycles. The zero-order chi connectivity index (χ0) is 21.1. The van der Waals surface area contributed by atoms with Crippen molar-refractivity contribution in [2.75, 3.05) is 32.8 Å². The molecular formula is C23H27FN4O2. The second kappa shape index (κ2) is 8.83. The van der Waals surface area contributed by atoms with Crippen molar-refractivity contribution >= 4 is 11.6 Å². The highest BCUT2D eigenvalue weighted by Gasteiger charge is 2.20. The molecule has 7 heteroatoms. The molecule has 30 heavy (non-hydrogen) atoms. The summed E-state index contributed by atoms with van der Waals surface area (Å²) in [6.45, 7) is 6.92. The van der Waals surface area contributed by atoms with E-state index >= 15 is 0 Å². The predicted molar refractivity (Wildman–Crippen MR) is 114 cm³/mol. The smallest absolute Gasteiger partial charge is 0.270 e. The van der Waals surface area contributed by atoms with Gasteiger partial charge in [-0.25, -0.2) is 9.37 Å². The van der Waals surface area contributed by atoms with Crippen LogP contribution in [-0.2, 0) is 11.2 Å². The van der Waals surface area contributed by atoms with Crippen molar-refractivity contribution < 1.29 is 13.9 Å². The lowest BCUT2D eigenvalue weighted by atomic mass is 10.2. The van der Waals surface area contributed by atoms with Crippen molar-refractivity contribution in [1.29, 1.82) is 0 Å². The standard InChI is InChI=1S/C23H27FN4O2/c1-3-19-22(28-9-8-16(2)14-21(28)26-19)23(29)25-15-17-4-6-18(24)20(7-5-17)27-10-12-30-13-11-27/h4-5,7-9,14H,3,6,10-13,15H2,1-2H3,(H,25,29). The van der Waals surface area contributed by atoms with Gasteiger partial charge < -0.3 is 15.0 Å². The van der Waals surface area contributed by atoms with Crippen molar-refractivity contribution in [3.05, 3.63) is 70.6 Å². The Morgan fingerprint density at radius 2 is 2.10 bits per heavy atom.